The van der Waals surface area contributed by atoms with Gasteiger partial charge in [-0.05, 0) is 19.8 Å². The third-order valence-corrected chi connectivity index (χ3v) is 2.66. The molecule has 0 aliphatic heterocycles. The lowest BCUT2D eigenvalue weighted by Gasteiger charge is -2.23. The molecule has 0 bridgehead atoms. The molecule has 0 aromatic heterocycles. The normalized spacial score (nSPS) is 19.3. The molecular formula is C10H18N2O3. The van der Waals surface area contributed by atoms with Crippen molar-refractivity contribution >= 4 is 12.0 Å². The Morgan fingerprint density at radius 3 is 2.40 bits per heavy atom. The highest BCUT2D eigenvalue weighted by atomic mass is 16.4. The van der Waals surface area contributed by atoms with Crippen LogP contribution in [0, 0.1) is 0 Å². The molecule has 5 nitrogen and oxygen atoms in total. The van der Waals surface area contributed by atoms with Gasteiger partial charge in [-0.2, -0.15) is 0 Å². The molecule has 0 spiro atoms. The minimum atomic E-state index is -1.02. The van der Waals surface area contributed by atoms with Gasteiger partial charge in [-0.3, -0.25) is 4.79 Å². The van der Waals surface area contributed by atoms with E-state index < -0.39 is 12.0 Å². The van der Waals surface area contributed by atoms with Gasteiger partial charge in [-0.15, -0.1) is 0 Å². The monoisotopic (exact) mass is 214 g/mol. The molecule has 5 heteroatoms. The van der Waals surface area contributed by atoms with Crippen LogP contribution in [0.3, 0.4) is 0 Å². The highest BCUT2D eigenvalue weighted by Crippen LogP contribution is 2.17. The molecule has 0 unspecified atom stereocenters. The van der Waals surface area contributed by atoms with Crippen molar-refractivity contribution in [1.82, 2.24) is 10.6 Å². The van der Waals surface area contributed by atoms with Crippen LogP contribution in [0.2, 0.25) is 0 Å². The third kappa shape index (κ3) is 4.18. The van der Waals surface area contributed by atoms with E-state index in [4.69, 9.17) is 5.11 Å². The predicted molar refractivity (Wildman–Crippen MR) is 55.6 cm³/mol. The molecule has 1 saturated carbocycles. The number of nitrogens with one attached hydrogen (secondary N) is 2. The van der Waals surface area contributed by atoms with E-state index in [-0.39, 0.29) is 12.1 Å². The van der Waals surface area contributed by atoms with E-state index in [9.17, 15) is 9.59 Å². The van der Waals surface area contributed by atoms with Gasteiger partial charge in [-0.1, -0.05) is 19.3 Å². The number of rotatable bonds is 3. The standard InChI is InChI=1S/C10H18N2O3/c1-7(9(13)14)11-10(15)12-8-5-3-2-4-6-8/h7-8H,2-6H2,1H3,(H,13,14)(H2,11,12,15)/t7-/m0/s1. The molecule has 86 valence electrons. The number of aliphatic carboxylic acids is 1. The Morgan fingerprint density at radius 1 is 1.27 bits per heavy atom. The maximum Gasteiger partial charge on any atom is 0.325 e. The second-order valence-corrected chi connectivity index (χ2v) is 4.01. The first-order valence-electron chi connectivity index (χ1n) is 5.39. The summed E-state index contributed by atoms with van der Waals surface area (Å²) in [7, 11) is 0. The van der Waals surface area contributed by atoms with Gasteiger partial charge in [0.1, 0.15) is 6.04 Å². The molecule has 15 heavy (non-hydrogen) atoms. The quantitative estimate of drug-likeness (QED) is 0.658. The van der Waals surface area contributed by atoms with Crippen LogP contribution < -0.4 is 10.6 Å². The van der Waals surface area contributed by atoms with Crippen LogP contribution >= 0.6 is 0 Å². The average molecular weight is 214 g/mol. The topological polar surface area (TPSA) is 78.4 Å². The molecular weight excluding hydrogens is 196 g/mol. The molecule has 0 heterocycles. The molecule has 1 aliphatic carbocycles. The van der Waals surface area contributed by atoms with Crippen LogP contribution in [0.1, 0.15) is 39.0 Å². The number of urea groups is 1. The van der Waals surface area contributed by atoms with Gasteiger partial charge in [-0.25, -0.2) is 4.79 Å². The molecule has 0 radical (unpaired) electrons. The number of carbonyl (C=O) groups is 2. The van der Waals surface area contributed by atoms with Crippen molar-refractivity contribution in [2.24, 2.45) is 0 Å². The summed E-state index contributed by atoms with van der Waals surface area (Å²) in [6.45, 7) is 1.45. The third-order valence-electron chi connectivity index (χ3n) is 2.66. The Bertz CT molecular complexity index is 237. The fourth-order valence-corrected chi connectivity index (χ4v) is 1.73. The van der Waals surface area contributed by atoms with Gasteiger partial charge in [0.15, 0.2) is 0 Å². The van der Waals surface area contributed by atoms with Gasteiger partial charge in [0, 0.05) is 6.04 Å². The molecule has 1 rings (SSSR count). The zero-order valence-electron chi connectivity index (χ0n) is 8.95. The fraction of sp³-hybridized carbons (Fsp3) is 0.800. The van der Waals surface area contributed by atoms with Crippen LogP contribution in [0.15, 0.2) is 0 Å². The highest BCUT2D eigenvalue weighted by Gasteiger charge is 2.18. The summed E-state index contributed by atoms with van der Waals surface area (Å²) in [5.41, 5.74) is 0. The fourth-order valence-electron chi connectivity index (χ4n) is 1.73. The van der Waals surface area contributed by atoms with Crippen molar-refractivity contribution in [1.29, 1.82) is 0 Å². The lowest BCUT2D eigenvalue weighted by Crippen LogP contribution is -2.48. The Morgan fingerprint density at radius 2 is 1.87 bits per heavy atom. The largest absolute Gasteiger partial charge is 0.480 e. The lowest BCUT2D eigenvalue weighted by molar-refractivity contribution is -0.138. The summed E-state index contributed by atoms with van der Waals surface area (Å²) in [5.74, 6) is -1.02. The maximum atomic E-state index is 11.3. The SMILES string of the molecule is C[C@H](NC(=O)NC1CCCCC1)C(=O)O. The van der Waals surface area contributed by atoms with Gasteiger partial charge in [0.25, 0.3) is 0 Å². The summed E-state index contributed by atoms with van der Waals surface area (Å²) >= 11 is 0. The Hall–Kier alpha value is -1.26. The summed E-state index contributed by atoms with van der Waals surface area (Å²) < 4.78 is 0. The summed E-state index contributed by atoms with van der Waals surface area (Å²) in [6.07, 6.45) is 5.49. The van der Waals surface area contributed by atoms with Crippen molar-refractivity contribution in [3.63, 3.8) is 0 Å². The number of hydrogen-bond acceptors (Lipinski definition) is 2. The first-order chi connectivity index (χ1) is 7.09. The van der Waals surface area contributed by atoms with Crippen LogP contribution in [0.25, 0.3) is 0 Å². The van der Waals surface area contributed by atoms with Gasteiger partial charge < -0.3 is 15.7 Å². The zero-order valence-corrected chi connectivity index (χ0v) is 8.95. The molecule has 0 aromatic rings. The average Bonchev–Trinajstić information content (AvgIpc) is 2.18. The van der Waals surface area contributed by atoms with E-state index in [1.54, 1.807) is 0 Å². The Balaban J connectivity index is 2.25. The Labute approximate surface area is 89.2 Å². The Kier molecular flexibility index (Phi) is 4.39. The number of amides is 2. The van der Waals surface area contributed by atoms with Gasteiger partial charge in [0.2, 0.25) is 0 Å². The smallest absolute Gasteiger partial charge is 0.325 e. The van der Waals surface area contributed by atoms with Crippen LogP contribution in [0.5, 0.6) is 0 Å². The number of carbonyl (C=O) groups excluding carboxylic acids is 1. The first-order valence-corrected chi connectivity index (χ1v) is 5.39. The summed E-state index contributed by atoms with van der Waals surface area (Å²) in [6, 6.07) is -1.01. The maximum absolute atomic E-state index is 11.3. The van der Waals surface area contributed by atoms with Crippen LogP contribution in [-0.4, -0.2) is 29.2 Å². The predicted octanol–water partition coefficient (Wildman–Crippen LogP) is 1.09. The van der Waals surface area contributed by atoms with Crippen molar-refractivity contribution in [2.75, 3.05) is 0 Å². The van der Waals surface area contributed by atoms with E-state index in [0.717, 1.165) is 25.7 Å². The minimum Gasteiger partial charge on any atom is -0.480 e. The zero-order chi connectivity index (χ0) is 11.3. The van der Waals surface area contributed by atoms with Crippen molar-refractivity contribution in [3.8, 4) is 0 Å². The number of carboxylic acid groups (broad SMARTS) is 1. The molecule has 1 fully saturated rings. The number of carboxylic acids is 1. The molecule has 1 atom stereocenters. The lowest BCUT2D eigenvalue weighted by atomic mass is 9.96. The number of hydrogen-bond donors (Lipinski definition) is 3. The van der Waals surface area contributed by atoms with Gasteiger partial charge >= 0.3 is 12.0 Å². The van der Waals surface area contributed by atoms with E-state index in [1.807, 2.05) is 0 Å². The van der Waals surface area contributed by atoms with Crippen LogP contribution in [-0.2, 0) is 4.79 Å². The van der Waals surface area contributed by atoms with Crippen molar-refractivity contribution in [2.45, 2.75) is 51.1 Å². The summed E-state index contributed by atoms with van der Waals surface area (Å²) in [5, 5.41) is 13.8. The molecule has 3 N–H and O–H groups in total. The highest BCUT2D eigenvalue weighted by molar-refractivity contribution is 5.82. The summed E-state index contributed by atoms with van der Waals surface area (Å²) in [4.78, 5) is 21.8. The van der Waals surface area contributed by atoms with E-state index in [0.29, 0.717) is 0 Å². The van der Waals surface area contributed by atoms with Crippen molar-refractivity contribution in [3.05, 3.63) is 0 Å². The van der Waals surface area contributed by atoms with Crippen molar-refractivity contribution < 1.29 is 14.7 Å². The van der Waals surface area contributed by atoms with E-state index >= 15 is 0 Å². The second kappa shape index (κ2) is 5.58. The van der Waals surface area contributed by atoms with E-state index in [1.165, 1.54) is 13.3 Å². The van der Waals surface area contributed by atoms with Gasteiger partial charge in [0.05, 0.1) is 0 Å². The second-order valence-electron chi connectivity index (χ2n) is 4.01. The molecule has 0 aromatic carbocycles. The minimum absolute atomic E-state index is 0.208. The van der Waals surface area contributed by atoms with E-state index in [2.05, 4.69) is 10.6 Å². The molecule has 1 aliphatic rings. The van der Waals surface area contributed by atoms with Crippen LogP contribution in [0.4, 0.5) is 4.79 Å². The first kappa shape index (κ1) is 11.8. The molecule has 2 amide bonds. The molecule has 0 saturated heterocycles.